The van der Waals surface area contributed by atoms with E-state index in [-0.39, 0.29) is 10.6 Å². The van der Waals surface area contributed by atoms with Crippen LogP contribution in [0.4, 0.5) is 0 Å². The van der Waals surface area contributed by atoms with Crippen molar-refractivity contribution in [3.63, 3.8) is 0 Å². The van der Waals surface area contributed by atoms with Crippen LogP contribution in [0.5, 0.6) is 0 Å². The van der Waals surface area contributed by atoms with Gasteiger partial charge >= 0.3 is 10.1 Å². The number of nitriles is 1. The van der Waals surface area contributed by atoms with E-state index in [0.717, 1.165) is 5.56 Å². The molecule has 0 aromatic heterocycles. The minimum absolute atomic E-state index is 0.0186. The molecule has 0 spiro atoms. The minimum atomic E-state index is -4.02. The molecule has 0 unspecified atom stereocenters. The first-order valence-corrected chi connectivity index (χ1v) is 7.47. The third-order valence-corrected chi connectivity index (χ3v) is 3.81. The summed E-state index contributed by atoms with van der Waals surface area (Å²) in [6.07, 6.45) is 0. The highest BCUT2D eigenvalue weighted by atomic mass is 32.2. The van der Waals surface area contributed by atoms with E-state index in [9.17, 15) is 8.42 Å². The van der Waals surface area contributed by atoms with Crippen molar-refractivity contribution >= 4 is 15.8 Å². The molecule has 0 aliphatic carbocycles. The number of benzene rings is 2. The molecule has 0 aliphatic rings. The van der Waals surface area contributed by atoms with E-state index >= 15 is 0 Å². The van der Waals surface area contributed by atoms with Gasteiger partial charge in [0, 0.05) is 5.56 Å². The Morgan fingerprint density at radius 1 is 1.10 bits per heavy atom. The maximum atomic E-state index is 11.9. The molecule has 0 radical (unpaired) electrons. The lowest BCUT2D eigenvalue weighted by atomic mass is 10.1. The standard InChI is InChI=1S/C15H12N2O3S/c1-12-7-9-13(10-8-12)15(11-16)17-20-21(18,19)14-5-3-2-4-6-14/h2-10H,1H3/b17-15+. The van der Waals surface area contributed by atoms with Gasteiger partial charge in [-0.3, -0.25) is 4.28 Å². The lowest BCUT2D eigenvalue weighted by Crippen LogP contribution is -2.05. The van der Waals surface area contributed by atoms with E-state index < -0.39 is 10.1 Å². The number of oxime groups is 1. The number of aryl methyl sites for hydroxylation is 1. The van der Waals surface area contributed by atoms with Gasteiger partial charge in [-0.1, -0.05) is 53.2 Å². The monoisotopic (exact) mass is 300 g/mol. The van der Waals surface area contributed by atoms with Crippen LogP contribution in [0.25, 0.3) is 0 Å². The highest BCUT2D eigenvalue weighted by Crippen LogP contribution is 2.12. The molecule has 21 heavy (non-hydrogen) atoms. The summed E-state index contributed by atoms with van der Waals surface area (Å²) in [5.41, 5.74) is 1.41. The first-order chi connectivity index (χ1) is 10.0. The molecule has 0 amide bonds. The van der Waals surface area contributed by atoms with Crippen LogP contribution in [-0.4, -0.2) is 14.1 Å². The summed E-state index contributed by atoms with van der Waals surface area (Å²) >= 11 is 0. The van der Waals surface area contributed by atoms with Crippen LogP contribution in [0.1, 0.15) is 11.1 Å². The number of hydrogen-bond donors (Lipinski definition) is 0. The Morgan fingerprint density at radius 2 is 1.71 bits per heavy atom. The fourth-order valence-electron chi connectivity index (χ4n) is 1.57. The quantitative estimate of drug-likeness (QED) is 0.642. The lowest BCUT2D eigenvalue weighted by Gasteiger charge is -2.02. The van der Waals surface area contributed by atoms with Crippen molar-refractivity contribution in [2.24, 2.45) is 5.16 Å². The van der Waals surface area contributed by atoms with Crippen LogP contribution >= 0.6 is 0 Å². The highest BCUT2D eigenvalue weighted by molar-refractivity contribution is 7.86. The fraction of sp³-hybridized carbons (Fsp3) is 0.0667. The number of rotatable bonds is 4. The van der Waals surface area contributed by atoms with Gasteiger partial charge in [0.25, 0.3) is 0 Å². The average Bonchev–Trinajstić information content (AvgIpc) is 2.50. The highest BCUT2D eigenvalue weighted by Gasteiger charge is 2.15. The Bertz CT molecular complexity index is 789. The van der Waals surface area contributed by atoms with Gasteiger partial charge in [0.1, 0.15) is 11.0 Å². The van der Waals surface area contributed by atoms with E-state index in [4.69, 9.17) is 5.26 Å². The molecular weight excluding hydrogens is 288 g/mol. The van der Waals surface area contributed by atoms with Gasteiger partial charge in [0.2, 0.25) is 0 Å². The minimum Gasteiger partial charge on any atom is -0.263 e. The number of nitrogens with zero attached hydrogens (tertiary/aromatic N) is 2. The van der Waals surface area contributed by atoms with E-state index in [0.29, 0.717) is 5.56 Å². The fourth-order valence-corrected chi connectivity index (χ4v) is 2.31. The molecule has 106 valence electrons. The maximum absolute atomic E-state index is 11.9. The predicted octanol–water partition coefficient (Wildman–Crippen LogP) is 2.63. The molecule has 0 N–H and O–H groups in total. The van der Waals surface area contributed by atoms with E-state index in [2.05, 4.69) is 9.44 Å². The first-order valence-electron chi connectivity index (χ1n) is 6.07. The summed E-state index contributed by atoms with van der Waals surface area (Å²) < 4.78 is 28.4. The molecule has 0 bridgehead atoms. The van der Waals surface area contributed by atoms with Crippen LogP contribution in [0.15, 0.2) is 64.6 Å². The normalized spacial score (nSPS) is 11.7. The summed E-state index contributed by atoms with van der Waals surface area (Å²) in [7, 11) is -4.02. The summed E-state index contributed by atoms with van der Waals surface area (Å²) in [6.45, 7) is 1.91. The van der Waals surface area contributed by atoms with Crippen molar-refractivity contribution < 1.29 is 12.7 Å². The van der Waals surface area contributed by atoms with Gasteiger partial charge in [0.15, 0.2) is 5.71 Å². The Balaban J connectivity index is 2.27. The van der Waals surface area contributed by atoms with Crippen molar-refractivity contribution in [1.82, 2.24) is 0 Å². The van der Waals surface area contributed by atoms with Crippen molar-refractivity contribution in [2.75, 3.05) is 0 Å². The third kappa shape index (κ3) is 3.68. The zero-order valence-electron chi connectivity index (χ0n) is 11.2. The zero-order valence-corrected chi connectivity index (χ0v) is 12.0. The average molecular weight is 300 g/mol. The molecule has 6 heteroatoms. The summed E-state index contributed by atoms with van der Waals surface area (Å²) in [4.78, 5) is -0.0186. The van der Waals surface area contributed by atoms with Gasteiger partial charge < -0.3 is 0 Å². The van der Waals surface area contributed by atoms with Crippen LogP contribution in [0.3, 0.4) is 0 Å². The van der Waals surface area contributed by atoms with Gasteiger partial charge in [-0.25, -0.2) is 0 Å². The van der Waals surface area contributed by atoms with E-state index in [1.54, 1.807) is 42.5 Å². The second-order valence-corrected chi connectivity index (χ2v) is 5.79. The molecule has 0 atom stereocenters. The second kappa shape index (κ2) is 6.20. The van der Waals surface area contributed by atoms with Crippen LogP contribution < -0.4 is 0 Å². The first kappa shape index (κ1) is 14.8. The molecule has 2 aromatic rings. The molecular formula is C15H12N2O3S. The van der Waals surface area contributed by atoms with Crippen molar-refractivity contribution in [1.29, 1.82) is 5.26 Å². The third-order valence-electron chi connectivity index (χ3n) is 2.69. The molecule has 0 fully saturated rings. The van der Waals surface area contributed by atoms with E-state index in [1.807, 2.05) is 13.0 Å². The SMILES string of the molecule is Cc1ccc(/C(C#N)=N/OS(=O)(=O)c2ccccc2)cc1. The largest absolute Gasteiger partial charge is 0.358 e. The Morgan fingerprint density at radius 3 is 2.29 bits per heavy atom. The van der Waals surface area contributed by atoms with E-state index in [1.165, 1.54) is 12.1 Å². The molecule has 0 aliphatic heterocycles. The summed E-state index contributed by atoms with van der Waals surface area (Å²) in [5.74, 6) is 0. The Kier molecular flexibility index (Phi) is 4.36. The van der Waals surface area contributed by atoms with Crippen LogP contribution in [-0.2, 0) is 14.4 Å². The smallest absolute Gasteiger partial charge is 0.263 e. The van der Waals surface area contributed by atoms with Crippen molar-refractivity contribution in [3.05, 3.63) is 65.7 Å². The summed E-state index contributed by atoms with van der Waals surface area (Å²) in [5, 5.41) is 12.5. The van der Waals surface area contributed by atoms with Gasteiger partial charge in [0.05, 0.1) is 0 Å². The second-order valence-electron chi connectivity index (χ2n) is 4.26. The molecule has 0 heterocycles. The van der Waals surface area contributed by atoms with Crippen molar-refractivity contribution in [2.45, 2.75) is 11.8 Å². The van der Waals surface area contributed by atoms with Gasteiger partial charge in [-0.2, -0.15) is 13.7 Å². The van der Waals surface area contributed by atoms with Crippen LogP contribution in [0, 0.1) is 18.3 Å². The van der Waals surface area contributed by atoms with Gasteiger partial charge in [-0.05, 0) is 19.1 Å². The topological polar surface area (TPSA) is 79.5 Å². The molecule has 2 aromatic carbocycles. The predicted molar refractivity (Wildman–Crippen MR) is 78.0 cm³/mol. The Hall–Kier alpha value is -2.65. The summed E-state index contributed by atoms with van der Waals surface area (Å²) in [6, 6.07) is 16.4. The lowest BCUT2D eigenvalue weighted by molar-refractivity contribution is 0.339. The molecule has 2 rings (SSSR count). The zero-order chi connectivity index (χ0) is 15.3. The molecule has 0 saturated heterocycles. The molecule has 5 nitrogen and oxygen atoms in total. The van der Waals surface area contributed by atoms with Crippen molar-refractivity contribution in [3.8, 4) is 6.07 Å². The molecule has 0 saturated carbocycles. The number of hydrogen-bond acceptors (Lipinski definition) is 5. The van der Waals surface area contributed by atoms with Gasteiger partial charge in [-0.15, -0.1) is 0 Å². The maximum Gasteiger partial charge on any atom is 0.358 e. The van der Waals surface area contributed by atoms with Crippen LogP contribution in [0.2, 0.25) is 0 Å². The Labute approximate surface area is 123 Å².